The average Bonchev–Trinajstić information content (AvgIpc) is 2.40. The third-order valence-electron chi connectivity index (χ3n) is 3.92. The first kappa shape index (κ1) is 14.0. The molecule has 2 N–H and O–H groups in total. The van der Waals surface area contributed by atoms with Crippen LogP contribution in [0.15, 0.2) is 12.1 Å². The summed E-state index contributed by atoms with van der Waals surface area (Å²) < 4.78 is 5.06. The Labute approximate surface area is 117 Å². The van der Waals surface area contributed by atoms with Gasteiger partial charge in [0.1, 0.15) is 0 Å². The van der Waals surface area contributed by atoms with Crippen LogP contribution in [0.1, 0.15) is 37.7 Å². The smallest absolute Gasteiger partial charge is 0.314 e. The van der Waals surface area contributed by atoms with Gasteiger partial charge in [0.05, 0.1) is 17.5 Å². The molecule has 1 aliphatic rings. The van der Waals surface area contributed by atoms with Crippen molar-refractivity contribution in [3.8, 4) is 11.5 Å². The van der Waals surface area contributed by atoms with E-state index >= 15 is 0 Å². The van der Waals surface area contributed by atoms with E-state index in [4.69, 9.17) is 16.3 Å². The van der Waals surface area contributed by atoms with Crippen LogP contribution in [0.3, 0.4) is 0 Å². The molecule has 4 nitrogen and oxygen atoms in total. The lowest BCUT2D eigenvalue weighted by atomic mass is 9.69. The zero-order chi connectivity index (χ0) is 14.0. The molecule has 1 aliphatic carbocycles. The molecular formula is C14H17ClO4. The van der Waals surface area contributed by atoms with Gasteiger partial charge in [-0.2, -0.15) is 0 Å². The minimum atomic E-state index is -1.03. The van der Waals surface area contributed by atoms with Crippen LogP contribution in [0.2, 0.25) is 5.02 Å². The molecule has 0 heterocycles. The summed E-state index contributed by atoms with van der Waals surface area (Å²) in [5.41, 5.74) is -0.624. The van der Waals surface area contributed by atoms with E-state index in [2.05, 4.69) is 0 Å². The first-order valence-corrected chi connectivity index (χ1v) is 6.70. The van der Waals surface area contributed by atoms with Crippen LogP contribution in [0.5, 0.6) is 11.5 Å². The lowest BCUT2D eigenvalue weighted by Crippen LogP contribution is -2.37. The first-order chi connectivity index (χ1) is 9.03. The van der Waals surface area contributed by atoms with Gasteiger partial charge in [0.15, 0.2) is 11.5 Å². The molecule has 5 heteroatoms. The van der Waals surface area contributed by atoms with Crippen molar-refractivity contribution in [1.82, 2.24) is 0 Å². The molecule has 104 valence electrons. The number of aliphatic carboxylic acids is 1. The summed E-state index contributed by atoms with van der Waals surface area (Å²) in [5, 5.41) is 20.2. The summed E-state index contributed by atoms with van der Waals surface area (Å²) in [6.07, 6.45) is 3.77. The predicted octanol–water partition coefficient (Wildman–Crippen LogP) is 3.34. The fourth-order valence-corrected chi connectivity index (χ4v) is 3.11. The highest BCUT2D eigenvalue weighted by Crippen LogP contribution is 2.48. The van der Waals surface area contributed by atoms with Crippen LogP contribution in [-0.2, 0) is 10.2 Å². The van der Waals surface area contributed by atoms with Crippen molar-refractivity contribution in [3.05, 3.63) is 22.7 Å². The minimum Gasteiger partial charge on any atom is -0.504 e. The molecule has 19 heavy (non-hydrogen) atoms. The summed E-state index contributed by atoms with van der Waals surface area (Å²) >= 11 is 5.93. The number of carbonyl (C=O) groups is 1. The topological polar surface area (TPSA) is 66.8 Å². The van der Waals surface area contributed by atoms with Gasteiger partial charge in [-0.25, -0.2) is 0 Å². The number of aromatic hydroxyl groups is 1. The second kappa shape index (κ2) is 5.29. The number of ether oxygens (including phenoxy) is 1. The van der Waals surface area contributed by atoms with E-state index in [-0.39, 0.29) is 16.5 Å². The largest absolute Gasteiger partial charge is 0.504 e. The molecule has 1 aromatic rings. The highest BCUT2D eigenvalue weighted by molar-refractivity contribution is 6.32. The van der Waals surface area contributed by atoms with Gasteiger partial charge >= 0.3 is 5.97 Å². The molecule has 1 aromatic carbocycles. The van der Waals surface area contributed by atoms with Crippen molar-refractivity contribution in [3.63, 3.8) is 0 Å². The number of methoxy groups -OCH3 is 1. The highest BCUT2D eigenvalue weighted by atomic mass is 35.5. The maximum absolute atomic E-state index is 11.7. The van der Waals surface area contributed by atoms with E-state index in [0.29, 0.717) is 18.4 Å². The molecule has 0 aliphatic heterocycles. The Hall–Kier alpha value is -1.42. The third kappa shape index (κ3) is 2.25. The van der Waals surface area contributed by atoms with Crippen molar-refractivity contribution in [2.45, 2.75) is 37.5 Å². The van der Waals surface area contributed by atoms with Gasteiger partial charge in [-0.1, -0.05) is 36.9 Å². The maximum atomic E-state index is 11.7. The van der Waals surface area contributed by atoms with Crippen molar-refractivity contribution < 1.29 is 19.7 Å². The van der Waals surface area contributed by atoms with Crippen molar-refractivity contribution in [2.75, 3.05) is 7.11 Å². The zero-order valence-electron chi connectivity index (χ0n) is 10.8. The summed E-state index contributed by atoms with van der Waals surface area (Å²) in [7, 11) is 1.40. The number of rotatable bonds is 3. The Bertz CT molecular complexity index is 492. The average molecular weight is 285 g/mol. The van der Waals surface area contributed by atoms with Crippen molar-refractivity contribution in [2.24, 2.45) is 0 Å². The van der Waals surface area contributed by atoms with Crippen LogP contribution in [-0.4, -0.2) is 23.3 Å². The second-order valence-electron chi connectivity index (χ2n) is 4.92. The van der Waals surface area contributed by atoms with Crippen LogP contribution in [0, 0.1) is 0 Å². The predicted molar refractivity (Wildman–Crippen MR) is 72.1 cm³/mol. The standard InChI is InChI=1S/C14H17ClO4/c1-19-12-10(15)6-5-9(11(12)16)14(13(17)18)7-3-2-4-8-14/h5-6,16H,2-4,7-8H2,1H3,(H,17,18). The molecule has 0 unspecified atom stereocenters. The number of phenolic OH excluding ortho intramolecular Hbond substituents is 1. The Morgan fingerprint density at radius 2 is 1.95 bits per heavy atom. The SMILES string of the molecule is COc1c(Cl)ccc(C2(C(=O)O)CCCCC2)c1O. The van der Waals surface area contributed by atoms with E-state index in [1.165, 1.54) is 7.11 Å². The first-order valence-electron chi connectivity index (χ1n) is 6.32. The molecule has 1 fully saturated rings. The molecule has 0 saturated heterocycles. The molecule has 1 saturated carbocycles. The lowest BCUT2D eigenvalue weighted by Gasteiger charge is -2.34. The van der Waals surface area contributed by atoms with Gasteiger partial charge in [0.25, 0.3) is 0 Å². The summed E-state index contributed by atoms with van der Waals surface area (Å²) in [5.74, 6) is -0.906. The summed E-state index contributed by atoms with van der Waals surface area (Å²) in [6.45, 7) is 0. The normalized spacial score (nSPS) is 18.0. The van der Waals surface area contributed by atoms with Gasteiger partial charge in [-0.05, 0) is 18.9 Å². The monoisotopic (exact) mass is 284 g/mol. The number of phenols is 1. The molecular weight excluding hydrogens is 268 g/mol. The quantitative estimate of drug-likeness (QED) is 0.893. The van der Waals surface area contributed by atoms with Crippen LogP contribution >= 0.6 is 11.6 Å². The van der Waals surface area contributed by atoms with Crippen LogP contribution in [0.25, 0.3) is 0 Å². The summed E-state index contributed by atoms with van der Waals surface area (Å²) in [4.78, 5) is 11.7. The van der Waals surface area contributed by atoms with E-state index in [1.54, 1.807) is 12.1 Å². The molecule has 2 rings (SSSR count). The van der Waals surface area contributed by atoms with E-state index in [9.17, 15) is 15.0 Å². The Kier molecular flexibility index (Phi) is 3.90. The molecule has 0 radical (unpaired) electrons. The molecule has 0 amide bonds. The Morgan fingerprint density at radius 3 is 2.47 bits per heavy atom. The number of carboxylic acids is 1. The summed E-state index contributed by atoms with van der Waals surface area (Å²) in [6, 6.07) is 3.17. The maximum Gasteiger partial charge on any atom is 0.314 e. The number of halogens is 1. The molecule has 0 atom stereocenters. The van der Waals surface area contributed by atoms with Gasteiger partial charge in [0.2, 0.25) is 0 Å². The minimum absolute atomic E-state index is 0.144. The van der Waals surface area contributed by atoms with E-state index in [0.717, 1.165) is 19.3 Å². The third-order valence-corrected chi connectivity index (χ3v) is 4.22. The lowest BCUT2D eigenvalue weighted by molar-refractivity contribution is -0.145. The molecule has 0 aromatic heterocycles. The van der Waals surface area contributed by atoms with Gasteiger partial charge in [0, 0.05) is 5.56 Å². The van der Waals surface area contributed by atoms with E-state index < -0.39 is 11.4 Å². The molecule has 0 spiro atoms. The van der Waals surface area contributed by atoms with E-state index in [1.807, 2.05) is 0 Å². The number of hydrogen-bond acceptors (Lipinski definition) is 3. The Balaban J connectivity index is 2.57. The number of benzene rings is 1. The second-order valence-corrected chi connectivity index (χ2v) is 5.33. The van der Waals surface area contributed by atoms with Crippen LogP contribution < -0.4 is 4.74 Å². The molecule has 0 bridgehead atoms. The van der Waals surface area contributed by atoms with Gasteiger partial charge in [-0.3, -0.25) is 4.79 Å². The number of hydrogen-bond donors (Lipinski definition) is 2. The van der Waals surface area contributed by atoms with Crippen LogP contribution in [0.4, 0.5) is 0 Å². The van der Waals surface area contributed by atoms with Crippen molar-refractivity contribution >= 4 is 17.6 Å². The van der Waals surface area contributed by atoms with Gasteiger partial charge < -0.3 is 14.9 Å². The van der Waals surface area contributed by atoms with Crippen molar-refractivity contribution in [1.29, 1.82) is 0 Å². The number of carboxylic acid groups (broad SMARTS) is 1. The highest BCUT2D eigenvalue weighted by Gasteiger charge is 2.43. The zero-order valence-corrected chi connectivity index (χ0v) is 11.5. The van der Waals surface area contributed by atoms with Gasteiger partial charge in [-0.15, -0.1) is 0 Å². The Morgan fingerprint density at radius 1 is 1.32 bits per heavy atom. The fraction of sp³-hybridized carbons (Fsp3) is 0.500. The fourth-order valence-electron chi connectivity index (χ4n) is 2.88.